The number of amidine groups is 1. The van der Waals surface area contributed by atoms with E-state index in [1.165, 1.54) is 0 Å². The number of nitrogens with two attached hydrogens (primary N) is 1. The highest BCUT2D eigenvalue weighted by Crippen LogP contribution is 2.20. The fourth-order valence-corrected chi connectivity index (χ4v) is 4.14. The molecule has 0 fully saturated rings. The molecule has 2 unspecified atom stereocenters. The van der Waals surface area contributed by atoms with Gasteiger partial charge in [-0.15, -0.1) is 0 Å². The highest BCUT2D eigenvalue weighted by atomic mass is 35.5. The first kappa shape index (κ1) is 43.1. The summed E-state index contributed by atoms with van der Waals surface area (Å²) in [6.45, 7) is 26.7. The molecule has 0 saturated carbocycles. The Morgan fingerprint density at radius 2 is 1.22 bits per heavy atom. The lowest BCUT2D eigenvalue weighted by Crippen LogP contribution is -2.54. The topological polar surface area (TPSA) is 234 Å². The zero-order chi connectivity index (χ0) is 41.4. The molecule has 0 bridgehead atoms. The Morgan fingerprint density at radius 3 is 1.51 bits per heavy atom. The molecule has 0 radical (unpaired) electrons. The van der Waals surface area contributed by atoms with Crippen molar-refractivity contribution in [1.82, 2.24) is 34.6 Å². The number of nitrogens with one attached hydrogen (secondary N) is 3. The summed E-state index contributed by atoms with van der Waals surface area (Å²) in [5, 5.41) is 18.6. The molecule has 0 aliphatic carbocycles. The average Bonchev–Trinajstić information content (AvgIpc) is 3.66. The molecule has 2 aromatic heterocycles. The standard InChI is InChI=1S/C9H17N3O2S.C8H19N3O2S.C7H16O3.C5H8ClN3O/c1-8(2,3)15(13)12-9(4,5)7-10-6-14-11-7;1-7(2,3)14(13)11-8(4,5)6(9)10-12;1-4-8-7(9-5-2)10-6-3;1-5(2,9-6)4-7-3-10-8-4/h6,12H,1-5H3;11-12H,1-5H3,(H2,9,10);7H,4-6H2,1-3H3;3,9H,1-2H3/i6D;;7D;3D. The Hall–Kier alpha value is -2.10. The quantitative estimate of drug-likeness (QED) is 0.0450. The Bertz CT molecular complexity index is 1390. The molecule has 2 heterocycles. The van der Waals surface area contributed by atoms with Crippen LogP contribution < -0.4 is 20.0 Å². The highest BCUT2D eigenvalue weighted by molar-refractivity contribution is 7.84. The zero-order valence-electron chi connectivity index (χ0n) is 34.4. The summed E-state index contributed by atoms with van der Waals surface area (Å²) >= 11 is 5.40. The average molecular weight is 765 g/mol. The van der Waals surface area contributed by atoms with Gasteiger partial charge in [0.1, 0.15) is 4.11 Å². The first-order chi connectivity index (χ1) is 23.5. The van der Waals surface area contributed by atoms with Crippen molar-refractivity contribution in [1.29, 1.82) is 0 Å². The fourth-order valence-electron chi connectivity index (χ4n) is 2.32. The van der Waals surface area contributed by atoms with Crippen LogP contribution in [-0.2, 0) is 47.3 Å². The Labute approximate surface area is 306 Å². The molecule has 0 aromatic carbocycles. The Morgan fingerprint density at radius 1 is 0.857 bits per heavy atom. The fraction of sp³-hybridized carbons (Fsp3) is 0.828. The van der Waals surface area contributed by atoms with Crippen LogP contribution in [0.2, 0.25) is 0 Å². The minimum Gasteiger partial charge on any atom is -0.409 e. The molecule has 2 atom stereocenters. The van der Waals surface area contributed by atoms with Gasteiger partial charge in [0.25, 0.3) is 6.45 Å². The van der Waals surface area contributed by atoms with Crippen LogP contribution in [0.3, 0.4) is 0 Å². The van der Waals surface area contributed by atoms with E-state index in [4.69, 9.17) is 41.0 Å². The normalized spacial score (nSPS) is 15.2. The summed E-state index contributed by atoms with van der Waals surface area (Å²) in [6, 6.07) is 0. The van der Waals surface area contributed by atoms with Gasteiger partial charge in [-0.1, -0.05) is 15.5 Å². The number of hydrogen-bond acceptors (Lipinski definition) is 14. The van der Waals surface area contributed by atoms with E-state index in [0.717, 1.165) is 0 Å². The molecule has 2 rings (SSSR count). The lowest BCUT2D eigenvalue weighted by molar-refractivity contribution is -0.282. The molecular weight excluding hydrogens is 702 g/mol. The third-order valence-electron chi connectivity index (χ3n) is 5.35. The smallest absolute Gasteiger partial charge is 0.271 e. The van der Waals surface area contributed by atoms with Gasteiger partial charge in [0.05, 0.1) is 48.1 Å². The lowest BCUT2D eigenvalue weighted by atomic mass is 10.1. The first-order valence-electron chi connectivity index (χ1n) is 16.8. The summed E-state index contributed by atoms with van der Waals surface area (Å²) in [5.41, 5.74) is 3.40. The minimum absolute atomic E-state index is 0.00935. The number of oxime groups is 1. The minimum atomic E-state index is -1.60. The van der Waals surface area contributed by atoms with E-state index in [9.17, 15) is 8.42 Å². The molecule has 49 heavy (non-hydrogen) atoms. The van der Waals surface area contributed by atoms with Crippen molar-refractivity contribution in [2.24, 2.45) is 10.9 Å². The summed E-state index contributed by atoms with van der Waals surface area (Å²) in [6.07, 6.45) is -0.452. The molecule has 20 heteroatoms. The third-order valence-corrected chi connectivity index (χ3v) is 9.43. The maximum Gasteiger partial charge on any atom is 0.271 e. The number of hydrogen-bond donors (Lipinski definition) is 5. The maximum absolute atomic E-state index is 11.9. The highest BCUT2D eigenvalue weighted by Gasteiger charge is 2.32. The molecule has 0 spiro atoms. The summed E-state index contributed by atoms with van der Waals surface area (Å²) < 4.78 is 74.0. The predicted octanol–water partition coefficient (Wildman–Crippen LogP) is 4.35. The van der Waals surface area contributed by atoms with Gasteiger partial charge < -0.3 is 34.2 Å². The van der Waals surface area contributed by atoms with Crippen LogP contribution in [-0.4, -0.2) is 81.0 Å². The van der Waals surface area contributed by atoms with Gasteiger partial charge in [-0.2, -0.15) is 9.97 Å². The summed E-state index contributed by atoms with van der Waals surface area (Å²) in [7, 11) is -2.48. The van der Waals surface area contributed by atoms with Crippen LogP contribution in [0.25, 0.3) is 0 Å². The number of aromatic nitrogens is 4. The van der Waals surface area contributed by atoms with Crippen LogP contribution in [0.15, 0.2) is 26.9 Å². The third kappa shape index (κ3) is 20.4. The molecule has 17 nitrogen and oxygen atoms in total. The number of nitrogens with zero attached hydrogens (tertiary/aromatic N) is 5. The SMILES string of the molecule is CC(C)(NS(=O)C(C)(C)C)/C(N)=N/O.[2H]C(OCC)(OCC)OCC.[2H]c1nc(C(C)(C)NCl)no1.[2H]c1nc(C(C)(C)NS(=O)C(C)(C)C)no1. The van der Waals surface area contributed by atoms with Crippen molar-refractivity contribution in [3.05, 3.63) is 24.4 Å². The van der Waals surface area contributed by atoms with Gasteiger partial charge in [0.2, 0.25) is 12.7 Å². The second-order valence-electron chi connectivity index (χ2n) is 13.4. The summed E-state index contributed by atoms with van der Waals surface area (Å²) in [4.78, 5) is 9.98. The van der Waals surface area contributed by atoms with E-state index < -0.39 is 45.0 Å². The molecule has 0 aliphatic heterocycles. The molecule has 288 valence electrons. The second-order valence-corrected chi connectivity index (χ2v) is 17.5. The van der Waals surface area contributed by atoms with Crippen molar-refractivity contribution < 1.29 is 41.0 Å². The van der Waals surface area contributed by atoms with Crippen molar-refractivity contribution in [3.8, 4) is 0 Å². The van der Waals surface area contributed by atoms with E-state index in [1.54, 1.807) is 62.3 Å². The monoisotopic (exact) mass is 764 g/mol. The van der Waals surface area contributed by atoms with Crippen LogP contribution in [0.1, 0.15) is 120 Å². The maximum atomic E-state index is 11.9. The van der Waals surface area contributed by atoms with Gasteiger partial charge in [0, 0.05) is 19.8 Å². The van der Waals surface area contributed by atoms with Gasteiger partial charge in [0.15, 0.2) is 17.5 Å². The summed E-state index contributed by atoms with van der Waals surface area (Å²) in [5.74, 6) is 0.711. The number of ether oxygens (including phenoxy) is 3. The Balaban J connectivity index is 0. The molecule has 6 N–H and O–H groups in total. The van der Waals surface area contributed by atoms with E-state index in [0.29, 0.717) is 31.5 Å². The largest absolute Gasteiger partial charge is 0.409 e. The van der Waals surface area contributed by atoms with Crippen LogP contribution >= 0.6 is 11.8 Å². The van der Waals surface area contributed by atoms with E-state index in [2.05, 4.69) is 48.8 Å². The van der Waals surface area contributed by atoms with Crippen molar-refractivity contribution in [3.63, 3.8) is 0 Å². The van der Waals surface area contributed by atoms with Crippen LogP contribution in [0, 0.1) is 0 Å². The Kier molecular flexibility index (Phi) is 19.9. The molecule has 0 amide bonds. The lowest BCUT2D eigenvalue weighted by Gasteiger charge is -2.28. The molecule has 0 saturated heterocycles. The van der Waals surface area contributed by atoms with Crippen molar-refractivity contribution in [2.45, 2.75) is 136 Å². The van der Waals surface area contributed by atoms with Crippen LogP contribution in [0.5, 0.6) is 0 Å². The van der Waals surface area contributed by atoms with Gasteiger partial charge >= 0.3 is 0 Å². The van der Waals surface area contributed by atoms with Crippen molar-refractivity contribution in [2.75, 3.05) is 19.8 Å². The molecular formula is C29H60ClN9O8S2. The van der Waals surface area contributed by atoms with Gasteiger partial charge in [-0.25, -0.2) is 22.7 Å². The first-order valence-corrected chi connectivity index (χ1v) is 17.9. The molecule has 0 aliphatic rings. The second kappa shape index (κ2) is 22.7. The van der Waals surface area contributed by atoms with Crippen LogP contribution in [0.4, 0.5) is 0 Å². The van der Waals surface area contributed by atoms with Gasteiger partial charge in [-0.3, -0.25) is 0 Å². The van der Waals surface area contributed by atoms with E-state index >= 15 is 0 Å². The number of halogens is 1. The zero-order valence-corrected chi connectivity index (χ0v) is 33.8. The van der Waals surface area contributed by atoms with E-state index in [-0.39, 0.29) is 28.1 Å². The number of rotatable bonds is 14. The molecule has 2 aromatic rings. The predicted molar refractivity (Wildman–Crippen MR) is 192 cm³/mol. The van der Waals surface area contributed by atoms with Gasteiger partial charge in [-0.05, 0) is 116 Å². The van der Waals surface area contributed by atoms with E-state index in [1.807, 2.05) is 41.5 Å². The van der Waals surface area contributed by atoms with Crippen molar-refractivity contribution >= 4 is 39.6 Å².